The molecule has 0 fully saturated rings. The zero-order chi connectivity index (χ0) is 13.2. The van der Waals surface area contributed by atoms with Crippen LogP contribution in [-0.4, -0.2) is 25.7 Å². The van der Waals surface area contributed by atoms with Gasteiger partial charge in [0.05, 0.1) is 0 Å². The summed E-state index contributed by atoms with van der Waals surface area (Å²) in [7, 11) is 0. The van der Waals surface area contributed by atoms with Crippen LogP contribution in [0.3, 0.4) is 0 Å². The zero-order valence-electron chi connectivity index (χ0n) is 10.7. The quantitative estimate of drug-likeness (QED) is 0.881. The maximum atomic E-state index is 11.0. The summed E-state index contributed by atoms with van der Waals surface area (Å²) in [5, 5.41) is 6.90. The lowest BCUT2D eigenvalue weighted by Gasteiger charge is -2.21. The number of anilines is 1. The van der Waals surface area contributed by atoms with Crippen molar-refractivity contribution in [3.63, 3.8) is 0 Å². The summed E-state index contributed by atoms with van der Waals surface area (Å²) in [4.78, 5) is 19.5. The van der Waals surface area contributed by atoms with Crippen molar-refractivity contribution in [2.45, 2.75) is 32.2 Å². The molecule has 0 spiro atoms. The molecule has 0 radical (unpaired) electrons. The lowest BCUT2D eigenvalue weighted by Crippen LogP contribution is -2.19. The van der Waals surface area contributed by atoms with Crippen molar-refractivity contribution in [1.82, 2.24) is 19.7 Å². The Labute approximate surface area is 110 Å². The maximum Gasteiger partial charge on any atom is 0.248 e. The van der Waals surface area contributed by atoms with Crippen molar-refractivity contribution in [3.8, 4) is 0 Å². The first kappa shape index (κ1) is 11.8. The number of hydrogen-bond acceptors (Lipinski definition) is 4. The molecule has 6 nitrogen and oxygen atoms in total. The summed E-state index contributed by atoms with van der Waals surface area (Å²) in [6, 6.07) is 4.05. The van der Waals surface area contributed by atoms with E-state index in [1.807, 2.05) is 16.9 Å². The molecule has 0 saturated heterocycles. The van der Waals surface area contributed by atoms with Crippen LogP contribution in [0.15, 0.2) is 24.5 Å². The monoisotopic (exact) mass is 257 g/mol. The third-order valence-corrected chi connectivity index (χ3v) is 3.31. The molecule has 19 heavy (non-hydrogen) atoms. The van der Waals surface area contributed by atoms with Gasteiger partial charge in [-0.3, -0.25) is 15.1 Å². The third kappa shape index (κ3) is 2.47. The lowest BCUT2D eigenvalue weighted by molar-refractivity contribution is -0.114. The van der Waals surface area contributed by atoms with E-state index in [9.17, 15) is 4.79 Å². The number of hydrogen-bond donors (Lipinski definition) is 1. The summed E-state index contributed by atoms with van der Waals surface area (Å²) in [5.74, 6) is 1.60. The average Bonchev–Trinajstić information content (AvgIpc) is 2.79. The van der Waals surface area contributed by atoms with Gasteiger partial charge in [0, 0.05) is 32.3 Å². The van der Waals surface area contributed by atoms with Gasteiger partial charge in [-0.2, -0.15) is 4.98 Å². The van der Waals surface area contributed by atoms with Crippen LogP contribution in [0.5, 0.6) is 0 Å². The minimum Gasteiger partial charge on any atom is -0.293 e. The molecule has 2 aromatic heterocycles. The molecule has 1 unspecified atom stereocenters. The first-order valence-corrected chi connectivity index (χ1v) is 6.33. The molecule has 6 heteroatoms. The molecule has 98 valence electrons. The Kier molecular flexibility index (Phi) is 2.98. The van der Waals surface area contributed by atoms with Gasteiger partial charge in [0.15, 0.2) is 0 Å². The van der Waals surface area contributed by atoms with E-state index in [4.69, 9.17) is 0 Å². The second kappa shape index (κ2) is 4.79. The van der Waals surface area contributed by atoms with Gasteiger partial charge in [-0.15, -0.1) is 5.10 Å². The van der Waals surface area contributed by atoms with E-state index in [2.05, 4.69) is 26.4 Å². The number of carbonyl (C=O) groups is 1. The number of rotatable bonds is 2. The Bertz CT molecular complexity index is 592. The standard InChI is InChI=1S/C13H15N5O/c1-9(19)15-13-16-12-7-10(4-6-18(12)17-13)11-3-2-5-14-8-11/h2-3,5,8,10H,4,6-7H2,1H3,(H,15,17,19). The molecule has 1 aliphatic heterocycles. The second-order valence-electron chi connectivity index (χ2n) is 4.73. The fourth-order valence-electron chi connectivity index (χ4n) is 2.42. The lowest BCUT2D eigenvalue weighted by atomic mass is 9.91. The van der Waals surface area contributed by atoms with Gasteiger partial charge in [0.2, 0.25) is 11.9 Å². The average molecular weight is 257 g/mol. The van der Waals surface area contributed by atoms with Crippen molar-refractivity contribution >= 4 is 11.9 Å². The summed E-state index contributed by atoms with van der Waals surface area (Å²) < 4.78 is 1.87. The van der Waals surface area contributed by atoms with Crippen LogP contribution >= 0.6 is 0 Å². The highest BCUT2D eigenvalue weighted by molar-refractivity contribution is 5.86. The largest absolute Gasteiger partial charge is 0.293 e. The number of carbonyl (C=O) groups excluding carboxylic acids is 1. The van der Waals surface area contributed by atoms with E-state index < -0.39 is 0 Å². The molecule has 3 heterocycles. The normalized spacial score (nSPS) is 17.8. The molecule has 1 aliphatic rings. The van der Waals surface area contributed by atoms with Gasteiger partial charge in [-0.1, -0.05) is 6.07 Å². The fourth-order valence-corrected chi connectivity index (χ4v) is 2.42. The van der Waals surface area contributed by atoms with Crippen LogP contribution in [0.2, 0.25) is 0 Å². The molecular weight excluding hydrogens is 242 g/mol. The topological polar surface area (TPSA) is 72.7 Å². The minimum absolute atomic E-state index is 0.147. The van der Waals surface area contributed by atoms with E-state index >= 15 is 0 Å². The number of pyridine rings is 1. The minimum atomic E-state index is -0.147. The highest BCUT2D eigenvalue weighted by Gasteiger charge is 2.23. The Morgan fingerprint density at radius 3 is 3.16 bits per heavy atom. The van der Waals surface area contributed by atoms with Crippen LogP contribution in [0.4, 0.5) is 5.95 Å². The van der Waals surface area contributed by atoms with Crippen LogP contribution in [0.25, 0.3) is 0 Å². The van der Waals surface area contributed by atoms with Gasteiger partial charge >= 0.3 is 0 Å². The third-order valence-electron chi connectivity index (χ3n) is 3.31. The van der Waals surface area contributed by atoms with E-state index in [-0.39, 0.29) is 5.91 Å². The number of aromatic nitrogens is 4. The Hall–Kier alpha value is -2.24. The van der Waals surface area contributed by atoms with E-state index in [0.29, 0.717) is 11.9 Å². The van der Waals surface area contributed by atoms with Gasteiger partial charge < -0.3 is 0 Å². The summed E-state index contributed by atoms with van der Waals surface area (Å²) in [6.07, 6.45) is 5.54. The summed E-state index contributed by atoms with van der Waals surface area (Å²) in [6.45, 7) is 2.28. The van der Waals surface area contributed by atoms with E-state index in [1.165, 1.54) is 12.5 Å². The van der Waals surface area contributed by atoms with Crippen molar-refractivity contribution in [3.05, 3.63) is 35.9 Å². The highest BCUT2D eigenvalue weighted by Crippen LogP contribution is 2.28. The van der Waals surface area contributed by atoms with Crippen molar-refractivity contribution < 1.29 is 4.79 Å². The number of fused-ring (bicyclic) bond motifs is 1. The molecule has 3 rings (SSSR count). The molecule has 0 bridgehead atoms. The molecule has 1 atom stereocenters. The van der Waals surface area contributed by atoms with Crippen molar-refractivity contribution in [1.29, 1.82) is 0 Å². The molecule has 1 amide bonds. The highest BCUT2D eigenvalue weighted by atomic mass is 16.1. The smallest absolute Gasteiger partial charge is 0.248 e. The second-order valence-corrected chi connectivity index (χ2v) is 4.73. The molecule has 0 aromatic carbocycles. The predicted molar refractivity (Wildman–Crippen MR) is 69.6 cm³/mol. The summed E-state index contributed by atoms with van der Waals surface area (Å²) >= 11 is 0. The Balaban J connectivity index is 1.80. The molecule has 0 aliphatic carbocycles. The molecule has 0 saturated carbocycles. The molecule has 2 aromatic rings. The molecule has 1 N–H and O–H groups in total. The van der Waals surface area contributed by atoms with Crippen LogP contribution in [0.1, 0.15) is 30.7 Å². The van der Waals surface area contributed by atoms with Crippen molar-refractivity contribution in [2.75, 3.05) is 5.32 Å². The number of nitrogens with zero attached hydrogens (tertiary/aromatic N) is 4. The van der Waals surface area contributed by atoms with E-state index in [1.54, 1.807) is 6.20 Å². The van der Waals surface area contributed by atoms with Gasteiger partial charge in [0.1, 0.15) is 5.82 Å². The van der Waals surface area contributed by atoms with Gasteiger partial charge in [-0.25, -0.2) is 4.68 Å². The maximum absolute atomic E-state index is 11.0. The predicted octanol–water partition coefficient (Wildman–Crippen LogP) is 1.36. The Morgan fingerprint density at radius 1 is 1.53 bits per heavy atom. The number of aryl methyl sites for hydroxylation is 1. The number of amides is 1. The van der Waals surface area contributed by atoms with Crippen LogP contribution in [-0.2, 0) is 17.8 Å². The zero-order valence-corrected chi connectivity index (χ0v) is 10.7. The first-order valence-electron chi connectivity index (χ1n) is 6.33. The van der Waals surface area contributed by atoms with Crippen molar-refractivity contribution in [2.24, 2.45) is 0 Å². The van der Waals surface area contributed by atoms with Gasteiger partial charge in [-0.05, 0) is 24.0 Å². The van der Waals surface area contributed by atoms with Crippen LogP contribution < -0.4 is 5.32 Å². The first-order chi connectivity index (χ1) is 9.22. The molecular formula is C13H15N5O. The van der Waals surface area contributed by atoms with Gasteiger partial charge in [0.25, 0.3) is 0 Å². The van der Waals surface area contributed by atoms with E-state index in [0.717, 1.165) is 25.2 Å². The number of nitrogens with one attached hydrogen (secondary N) is 1. The SMILES string of the molecule is CC(=O)Nc1nc2n(n1)CCC(c1cccnc1)C2. The Morgan fingerprint density at radius 2 is 2.42 bits per heavy atom. The van der Waals surface area contributed by atoms with Crippen LogP contribution in [0, 0.1) is 0 Å². The fraction of sp³-hybridized carbons (Fsp3) is 0.385. The summed E-state index contributed by atoms with van der Waals surface area (Å²) in [5.41, 5.74) is 1.23.